The Labute approximate surface area is 120 Å². The van der Waals surface area contributed by atoms with Gasteiger partial charge in [0.1, 0.15) is 0 Å². The highest BCUT2D eigenvalue weighted by atomic mass is 16.6. The number of ether oxygens (including phenoxy) is 2. The predicted molar refractivity (Wildman–Crippen MR) is 76.6 cm³/mol. The number of piperidine rings is 1. The van der Waals surface area contributed by atoms with Crippen LogP contribution in [0, 0.1) is 5.92 Å². The van der Waals surface area contributed by atoms with Crippen molar-refractivity contribution in [2.75, 3.05) is 39.5 Å². The van der Waals surface area contributed by atoms with Gasteiger partial charge in [-0.05, 0) is 38.3 Å². The molecule has 1 aromatic heterocycles. The van der Waals surface area contributed by atoms with Gasteiger partial charge in [0.2, 0.25) is 0 Å². The monoisotopic (exact) mass is 279 g/mol. The standard InChI is InChI=1S/C15H25N3O2/c1-5-17(7-3-15-12-19-9-10-20-15)6-2-14(1)11-18-8-4-16-13-18/h4,8,13-15H,1-3,5-7,9-12H2. The minimum absolute atomic E-state index is 0.312. The molecule has 2 saturated heterocycles. The van der Waals surface area contributed by atoms with Crippen molar-refractivity contribution in [1.29, 1.82) is 0 Å². The summed E-state index contributed by atoms with van der Waals surface area (Å²) in [6.07, 6.45) is 9.85. The Kier molecular flexibility index (Phi) is 5.06. The summed E-state index contributed by atoms with van der Waals surface area (Å²) in [7, 11) is 0. The van der Waals surface area contributed by atoms with Crippen molar-refractivity contribution in [2.24, 2.45) is 5.92 Å². The second kappa shape index (κ2) is 7.20. The van der Waals surface area contributed by atoms with E-state index in [2.05, 4.69) is 20.6 Å². The van der Waals surface area contributed by atoms with Gasteiger partial charge in [-0.3, -0.25) is 0 Å². The number of hydrogen-bond donors (Lipinski definition) is 0. The SMILES string of the molecule is c1cn(CC2CCN(CCC3COCCO3)CC2)cn1. The van der Waals surface area contributed by atoms with Gasteiger partial charge < -0.3 is 18.9 Å². The quantitative estimate of drug-likeness (QED) is 0.817. The topological polar surface area (TPSA) is 39.5 Å². The van der Waals surface area contributed by atoms with E-state index in [1.165, 1.54) is 25.9 Å². The molecule has 1 aromatic rings. The molecule has 3 rings (SSSR count). The molecule has 5 heteroatoms. The van der Waals surface area contributed by atoms with Gasteiger partial charge in [0, 0.05) is 25.5 Å². The van der Waals surface area contributed by atoms with Crippen LogP contribution in [0.4, 0.5) is 0 Å². The maximum atomic E-state index is 5.70. The molecule has 0 spiro atoms. The first-order chi connectivity index (χ1) is 9.90. The van der Waals surface area contributed by atoms with Crippen LogP contribution in [0.25, 0.3) is 0 Å². The summed E-state index contributed by atoms with van der Waals surface area (Å²) in [4.78, 5) is 6.68. The molecule has 0 aromatic carbocycles. The second-order valence-corrected chi connectivity index (χ2v) is 5.90. The first kappa shape index (κ1) is 14.0. The molecule has 1 unspecified atom stereocenters. The van der Waals surface area contributed by atoms with Crippen LogP contribution in [0.5, 0.6) is 0 Å². The van der Waals surface area contributed by atoms with E-state index < -0.39 is 0 Å². The van der Waals surface area contributed by atoms with E-state index in [4.69, 9.17) is 9.47 Å². The zero-order valence-electron chi connectivity index (χ0n) is 12.1. The number of hydrogen-bond acceptors (Lipinski definition) is 4. The van der Waals surface area contributed by atoms with Crippen molar-refractivity contribution < 1.29 is 9.47 Å². The third-order valence-corrected chi connectivity index (χ3v) is 4.39. The third kappa shape index (κ3) is 4.04. The fraction of sp³-hybridized carbons (Fsp3) is 0.800. The molecule has 112 valence electrons. The van der Waals surface area contributed by atoms with Crippen molar-refractivity contribution in [3.05, 3.63) is 18.7 Å². The zero-order valence-corrected chi connectivity index (χ0v) is 12.1. The Morgan fingerprint density at radius 2 is 2.10 bits per heavy atom. The van der Waals surface area contributed by atoms with E-state index in [9.17, 15) is 0 Å². The largest absolute Gasteiger partial charge is 0.376 e. The smallest absolute Gasteiger partial charge is 0.0945 e. The summed E-state index contributed by atoms with van der Waals surface area (Å²) < 4.78 is 13.3. The molecular formula is C15H25N3O2. The van der Waals surface area contributed by atoms with Crippen molar-refractivity contribution in [1.82, 2.24) is 14.5 Å². The van der Waals surface area contributed by atoms with E-state index in [1.807, 2.05) is 12.5 Å². The van der Waals surface area contributed by atoms with Gasteiger partial charge in [0.25, 0.3) is 0 Å². The van der Waals surface area contributed by atoms with Gasteiger partial charge in [-0.15, -0.1) is 0 Å². The number of imidazole rings is 1. The summed E-state index contributed by atoms with van der Waals surface area (Å²) in [5.41, 5.74) is 0. The first-order valence-electron chi connectivity index (χ1n) is 7.77. The van der Waals surface area contributed by atoms with Gasteiger partial charge >= 0.3 is 0 Å². The zero-order chi connectivity index (χ0) is 13.6. The first-order valence-corrected chi connectivity index (χ1v) is 7.77. The number of likely N-dealkylation sites (tertiary alicyclic amines) is 1. The van der Waals surface area contributed by atoms with Crippen molar-refractivity contribution >= 4 is 0 Å². The van der Waals surface area contributed by atoms with E-state index in [-0.39, 0.29) is 0 Å². The van der Waals surface area contributed by atoms with Crippen LogP contribution < -0.4 is 0 Å². The third-order valence-electron chi connectivity index (χ3n) is 4.39. The minimum atomic E-state index is 0.312. The Balaban J connectivity index is 1.33. The van der Waals surface area contributed by atoms with Crippen molar-refractivity contribution in [3.63, 3.8) is 0 Å². The number of nitrogens with zero attached hydrogens (tertiary/aromatic N) is 3. The lowest BCUT2D eigenvalue weighted by molar-refractivity contribution is -0.0931. The van der Waals surface area contributed by atoms with Crippen LogP contribution in [0.3, 0.4) is 0 Å². The summed E-state index contributed by atoms with van der Waals surface area (Å²) in [5.74, 6) is 0.801. The molecule has 0 bridgehead atoms. The normalized spacial score (nSPS) is 25.9. The molecule has 0 aliphatic carbocycles. The molecule has 0 radical (unpaired) electrons. The molecule has 0 N–H and O–H groups in total. The molecule has 0 amide bonds. The van der Waals surface area contributed by atoms with Gasteiger partial charge in [-0.25, -0.2) is 4.98 Å². The molecule has 2 aliphatic rings. The predicted octanol–water partition coefficient (Wildman–Crippen LogP) is 1.40. The molecule has 5 nitrogen and oxygen atoms in total. The van der Waals surface area contributed by atoms with E-state index in [1.54, 1.807) is 0 Å². The van der Waals surface area contributed by atoms with E-state index in [0.29, 0.717) is 6.10 Å². The van der Waals surface area contributed by atoms with Gasteiger partial charge in [0.05, 0.1) is 32.3 Å². The Morgan fingerprint density at radius 1 is 1.20 bits per heavy atom. The fourth-order valence-electron chi connectivity index (χ4n) is 3.12. The van der Waals surface area contributed by atoms with Crippen LogP contribution in [0.1, 0.15) is 19.3 Å². The lowest BCUT2D eigenvalue weighted by atomic mass is 9.96. The summed E-state index contributed by atoms with van der Waals surface area (Å²) in [6, 6.07) is 0. The Bertz CT molecular complexity index is 368. The molecule has 0 saturated carbocycles. The fourth-order valence-corrected chi connectivity index (χ4v) is 3.12. The Morgan fingerprint density at radius 3 is 2.80 bits per heavy atom. The highest BCUT2D eigenvalue weighted by Gasteiger charge is 2.21. The molecular weight excluding hydrogens is 254 g/mol. The lowest BCUT2D eigenvalue weighted by Gasteiger charge is -2.33. The Hall–Kier alpha value is -0.910. The molecule has 20 heavy (non-hydrogen) atoms. The van der Waals surface area contributed by atoms with Crippen LogP contribution in [-0.2, 0) is 16.0 Å². The highest BCUT2D eigenvalue weighted by Crippen LogP contribution is 2.19. The van der Waals surface area contributed by atoms with E-state index in [0.717, 1.165) is 45.2 Å². The van der Waals surface area contributed by atoms with Crippen molar-refractivity contribution in [3.8, 4) is 0 Å². The van der Waals surface area contributed by atoms with Crippen LogP contribution >= 0.6 is 0 Å². The summed E-state index contributed by atoms with van der Waals surface area (Å²) in [5, 5.41) is 0. The maximum absolute atomic E-state index is 5.70. The van der Waals surface area contributed by atoms with Crippen molar-refractivity contribution in [2.45, 2.75) is 31.9 Å². The van der Waals surface area contributed by atoms with Gasteiger partial charge in [-0.1, -0.05) is 0 Å². The molecule has 2 aliphatic heterocycles. The summed E-state index contributed by atoms with van der Waals surface area (Å²) in [6.45, 7) is 6.99. The lowest BCUT2D eigenvalue weighted by Crippen LogP contribution is -2.38. The van der Waals surface area contributed by atoms with Crippen LogP contribution in [-0.4, -0.2) is 60.0 Å². The van der Waals surface area contributed by atoms with Crippen LogP contribution in [0.15, 0.2) is 18.7 Å². The highest BCUT2D eigenvalue weighted by molar-refractivity contribution is 4.79. The van der Waals surface area contributed by atoms with Crippen LogP contribution in [0.2, 0.25) is 0 Å². The number of rotatable bonds is 5. The minimum Gasteiger partial charge on any atom is -0.376 e. The van der Waals surface area contributed by atoms with Gasteiger partial charge in [0.15, 0.2) is 0 Å². The number of aromatic nitrogens is 2. The van der Waals surface area contributed by atoms with E-state index >= 15 is 0 Å². The van der Waals surface area contributed by atoms with Gasteiger partial charge in [-0.2, -0.15) is 0 Å². The molecule has 2 fully saturated rings. The second-order valence-electron chi connectivity index (χ2n) is 5.90. The summed E-state index contributed by atoms with van der Waals surface area (Å²) >= 11 is 0. The average Bonchev–Trinajstić information content (AvgIpc) is 3.01. The molecule has 1 atom stereocenters. The maximum Gasteiger partial charge on any atom is 0.0945 e. The molecule has 3 heterocycles. The average molecular weight is 279 g/mol.